The molecule has 100 valence electrons. The van der Waals surface area contributed by atoms with Crippen LogP contribution in [0.2, 0.25) is 0 Å². The van der Waals surface area contributed by atoms with Crippen LogP contribution in [0, 0.1) is 0 Å². The SMILES string of the molecule is Nc1cc(C(F)(F)F)ccc1NC1CCCOC1. The third-order valence-electron chi connectivity index (χ3n) is 2.90. The zero-order chi connectivity index (χ0) is 13.2. The summed E-state index contributed by atoms with van der Waals surface area (Å²) in [6.45, 7) is 1.29. The molecule has 2 rings (SSSR count). The van der Waals surface area contributed by atoms with E-state index in [9.17, 15) is 13.2 Å². The first-order valence-corrected chi connectivity index (χ1v) is 5.78. The van der Waals surface area contributed by atoms with Gasteiger partial charge >= 0.3 is 6.18 Å². The summed E-state index contributed by atoms with van der Waals surface area (Å²) in [4.78, 5) is 0. The van der Waals surface area contributed by atoms with Crippen molar-refractivity contribution in [3.63, 3.8) is 0 Å². The summed E-state index contributed by atoms with van der Waals surface area (Å²) >= 11 is 0. The monoisotopic (exact) mass is 260 g/mol. The second-order valence-electron chi connectivity index (χ2n) is 4.36. The number of nitrogens with two attached hydrogens (primary N) is 1. The highest BCUT2D eigenvalue weighted by molar-refractivity contribution is 5.67. The van der Waals surface area contributed by atoms with E-state index in [2.05, 4.69) is 5.32 Å². The normalized spacial score (nSPS) is 20.7. The second kappa shape index (κ2) is 5.06. The largest absolute Gasteiger partial charge is 0.416 e. The predicted octanol–water partition coefficient (Wildman–Crippen LogP) is 2.88. The van der Waals surface area contributed by atoms with E-state index in [4.69, 9.17) is 10.5 Å². The molecule has 1 aliphatic rings. The molecular formula is C12H15F3N2O. The number of halogens is 3. The van der Waals surface area contributed by atoms with Gasteiger partial charge in [-0.15, -0.1) is 0 Å². The van der Waals surface area contributed by atoms with Crippen LogP contribution < -0.4 is 11.1 Å². The molecule has 18 heavy (non-hydrogen) atoms. The number of anilines is 2. The first kappa shape index (κ1) is 13.0. The molecule has 0 radical (unpaired) electrons. The highest BCUT2D eigenvalue weighted by atomic mass is 19.4. The molecular weight excluding hydrogens is 245 g/mol. The first-order valence-electron chi connectivity index (χ1n) is 5.78. The van der Waals surface area contributed by atoms with Crippen molar-refractivity contribution in [1.29, 1.82) is 0 Å². The fraction of sp³-hybridized carbons (Fsp3) is 0.500. The van der Waals surface area contributed by atoms with Crippen molar-refractivity contribution in [3.05, 3.63) is 23.8 Å². The topological polar surface area (TPSA) is 47.3 Å². The molecule has 0 aliphatic carbocycles. The van der Waals surface area contributed by atoms with Gasteiger partial charge in [-0.3, -0.25) is 0 Å². The number of hydrogen-bond acceptors (Lipinski definition) is 3. The maximum Gasteiger partial charge on any atom is 0.416 e. The van der Waals surface area contributed by atoms with Crippen LogP contribution in [0.5, 0.6) is 0 Å². The van der Waals surface area contributed by atoms with Crippen molar-refractivity contribution in [2.45, 2.75) is 25.1 Å². The zero-order valence-electron chi connectivity index (χ0n) is 9.76. The maximum atomic E-state index is 12.5. The molecule has 0 bridgehead atoms. The van der Waals surface area contributed by atoms with Crippen LogP contribution >= 0.6 is 0 Å². The van der Waals surface area contributed by atoms with E-state index in [1.807, 2.05) is 0 Å². The summed E-state index contributed by atoms with van der Waals surface area (Å²) in [6.07, 6.45) is -2.49. The summed E-state index contributed by atoms with van der Waals surface area (Å²) < 4.78 is 42.7. The number of benzene rings is 1. The van der Waals surface area contributed by atoms with E-state index in [-0.39, 0.29) is 11.7 Å². The molecule has 1 atom stereocenters. The molecule has 1 saturated heterocycles. The number of rotatable bonds is 2. The number of hydrogen-bond donors (Lipinski definition) is 2. The Labute approximate surface area is 103 Å². The van der Waals surface area contributed by atoms with Gasteiger partial charge in [-0.1, -0.05) is 0 Å². The molecule has 1 aliphatic heterocycles. The Morgan fingerprint density at radius 2 is 2.11 bits per heavy atom. The van der Waals surface area contributed by atoms with Crippen LogP contribution in [0.15, 0.2) is 18.2 Å². The van der Waals surface area contributed by atoms with Crippen LogP contribution in [0.4, 0.5) is 24.5 Å². The molecule has 0 amide bonds. The molecule has 0 spiro atoms. The van der Waals surface area contributed by atoms with Crippen molar-refractivity contribution in [2.24, 2.45) is 0 Å². The van der Waals surface area contributed by atoms with Crippen LogP contribution in [0.25, 0.3) is 0 Å². The molecule has 1 unspecified atom stereocenters. The van der Waals surface area contributed by atoms with E-state index < -0.39 is 11.7 Å². The van der Waals surface area contributed by atoms with E-state index in [0.29, 0.717) is 12.3 Å². The Kier molecular flexibility index (Phi) is 3.65. The lowest BCUT2D eigenvalue weighted by molar-refractivity contribution is -0.137. The number of alkyl halides is 3. The van der Waals surface area contributed by atoms with E-state index in [1.54, 1.807) is 0 Å². The van der Waals surface area contributed by atoms with Crippen LogP contribution in [0.1, 0.15) is 18.4 Å². The zero-order valence-corrected chi connectivity index (χ0v) is 9.76. The fourth-order valence-corrected chi connectivity index (χ4v) is 1.94. The third kappa shape index (κ3) is 3.07. The van der Waals surface area contributed by atoms with E-state index in [0.717, 1.165) is 31.6 Å². The first-order chi connectivity index (χ1) is 8.47. The highest BCUT2D eigenvalue weighted by Crippen LogP contribution is 2.33. The third-order valence-corrected chi connectivity index (χ3v) is 2.90. The van der Waals surface area contributed by atoms with E-state index in [1.165, 1.54) is 6.07 Å². The van der Waals surface area contributed by atoms with E-state index >= 15 is 0 Å². The lowest BCUT2D eigenvalue weighted by Gasteiger charge is -2.25. The van der Waals surface area contributed by atoms with Gasteiger partial charge in [-0.2, -0.15) is 13.2 Å². The van der Waals surface area contributed by atoms with Crippen molar-refractivity contribution < 1.29 is 17.9 Å². The molecule has 3 nitrogen and oxygen atoms in total. The molecule has 1 aromatic rings. The summed E-state index contributed by atoms with van der Waals surface area (Å²) in [5.74, 6) is 0. The van der Waals surface area contributed by atoms with Crippen molar-refractivity contribution in [1.82, 2.24) is 0 Å². The van der Waals surface area contributed by atoms with Crippen LogP contribution in [-0.2, 0) is 10.9 Å². The average Bonchev–Trinajstić information content (AvgIpc) is 2.32. The van der Waals surface area contributed by atoms with Gasteiger partial charge in [0.25, 0.3) is 0 Å². The quantitative estimate of drug-likeness (QED) is 0.804. The van der Waals surface area contributed by atoms with Gasteiger partial charge in [0.2, 0.25) is 0 Å². The lowest BCUT2D eigenvalue weighted by Crippen LogP contribution is -2.30. The molecule has 0 saturated carbocycles. The van der Waals surface area contributed by atoms with Crippen molar-refractivity contribution in [3.8, 4) is 0 Å². The molecule has 1 aromatic carbocycles. The highest BCUT2D eigenvalue weighted by Gasteiger charge is 2.30. The summed E-state index contributed by atoms with van der Waals surface area (Å²) in [5.41, 5.74) is 5.53. The molecule has 3 N–H and O–H groups in total. The van der Waals surface area contributed by atoms with Gasteiger partial charge in [-0.25, -0.2) is 0 Å². The Morgan fingerprint density at radius 3 is 2.67 bits per heavy atom. The number of nitrogens with one attached hydrogen (secondary N) is 1. The summed E-state index contributed by atoms with van der Waals surface area (Å²) in [7, 11) is 0. The minimum absolute atomic E-state index is 0.107. The van der Waals surface area contributed by atoms with Gasteiger partial charge in [0, 0.05) is 12.6 Å². The maximum absolute atomic E-state index is 12.5. The molecule has 1 fully saturated rings. The average molecular weight is 260 g/mol. The smallest absolute Gasteiger partial charge is 0.397 e. The van der Waals surface area contributed by atoms with Crippen molar-refractivity contribution in [2.75, 3.05) is 24.3 Å². The Balaban J connectivity index is 2.09. The van der Waals surface area contributed by atoms with Crippen molar-refractivity contribution >= 4 is 11.4 Å². The Hall–Kier alpha value is -1.43. The van der Waals surface area contributed by atoms with Gasteiger partial charge < -0.3 is 15.8 Å². The minimum Gasteiger partial charge on any atom is -0.397 e. The molecule has 0 aromatic heterocycles. The number of nitrogen functional groups attached to an aromatic ring is 1. The van der Waals surface area contributed by atoms with Crippen LogP contribution in [0.3, 0.4) is 0 Å². The number of ether oxygens (including phenoxy) is 1. The minimum atomic E-state index is -4.36. The van der Waals surface area contributed by atoms with Crippen LogP contribution in [-0.4, -0.2) is 19.3 Å². The molecule has 1 heterocycles. The summed E-state index contributed by atoms with van der Waals surface area (Å²) in [6, 6.07) is 3.46. The standard InChI is InChI=1S/C12H15F3N2O/c13-12(14,15)8-3-4-11(10(16)6-8)17-9-2-1-5-18-7-9/h3-4,6,9,17H,1-2,5,7,16H2. The predicted molar refractivity (Wildman–Crippen MR) is 63.3 cm³/mol. The second-order valence-corrected chi connectivity index (χ2v) is 4.36. The Bertz CT molecular complexity index is 414. The lowest BCUT2D eigenvalue weighted by atomic mass is 10.1. The molecule has 6 heteroatoms. The van der Waals surface area contributed by atoms with Gasteiger partial charge in [0.1, 0.15) is 0 Å². The Morgan fingerprint density at radius 1 is 1.33 bits per heavy atom. The fourth-order valence-electron chi connectivity index (χ4n) is 1.94. The van der Waals surface area contributed by atoms with Gasteiger partial charge in [-0.05, 0) is 31.0 Å². The summed E-state index contributed by atoms with van der Waals surface area (Å²) in [5, 5.41) is 3.11. The van der Waals surface area contributed by atoms with Gasteiger partial charge in [0.15, 0.2) is 0 Å². The van der Waals surface area contributed by atoms with Gasteiger partial charge in [0.05, 0.1) is 23.5 Å².